The van der Waals surface area contributed by atoms with Crippen LogP contribution in [0.3, 0.4) is 0 Å². The van der Waals surface area contributed by atoms with E-state index in [9.17, 15) is 0 Å². The largest absolute Gasteiger partial charge is 0.459 e. The van der Waals surface area contributed by atoms with Crippen LogP contribution in [0.4, 0.5) is 5.82 Å². The standard InChI is InChI=1S/C16H16BrN3O/c1-8-6-11(8)12-3-4-13(21-12)14-15(18)20-7-10(17)5-9(2)16(20)19-14/h3-5,7-8,11H,6,18H2,1-2H3. The van der Waals surface area contributed by atoms with Gasteiger partial charge in [-0.15, -0.1) is 0 Å². The number of nitrogens with zero attached hydrogens (tertiary/aromatic N) is 2. The molecule has 0 aliphatic heterocycles. The van der Waals surface area contributed by atoms with Gasteiger partial charge in [0.25, 0.3) is 0 Å². The number of anilines is 1. The number of nitrogens with two attached hydrogens (primary N) is 1. The van der Waals surface area contributed by atoms with Gasteiger partial charge in [-0.25, -0.2) is 4.98 Å². The van der Waals surface area contributed by atoms with E-state index in [-0.39, 0.29) is 0 Å². The quantitative estimate of drug-likeness (QED) is 0.750. The molecule has 0 radical (unpaired) electrons. The molecule has 0 bridgehead atoms. The average Bonchev–Trinajstić information content (AvgIpc) is 2.86. The fourth-order valence-corrected chi connectivity index (χ4v) is 3.41. The van der Waals surface area contributed by atoms with Crippen molar-refractivity contribution >= 4 is 27.4 Å². The molecule has 2 unspecified atom stereocenters. The van der Waals surface area contributed by atoms with Gasteiger partial charge in [-0.05, 0) is 59.0 Å². The Morgan fingerprint density at radius 3 is 2.90 bits per heavy atom. The van der Waals surface area contributed by atoms with Crippen molar-refractivity contribution in [1.82, 2.24) is 9.38 Å². The third kappa shape index (κ3) is 1.99. The van der Waals surface area contributed by atoms with Crippen LogP contribution < -0.4 is 5.73 Å². The summed E-state index contributed by atoms with van der Waals surface area (Å²) in [6.07, 6.45) is 3.14. The van der Waals surface area contributed by atoms with Gasteiger partial charge in [0.15, 0.2) is 5.76 Å². The molecule has 1 fully saturated rings. The molecule has 4 nitrogen and oxygen atoms in total. The van der Waals surface area contributed by atoms with E-state index >= 15 is 0 Å². The predicted octanol–water partition coefficient (Wildman–Crippen LogP) is 4.37. The van der Waals surface area contributed by atoms with Gasteiger partial charge >= 0.3 is 0 Å². The Labute approximate surface area is 131 Å². The minimum Gasteiger partial charge on any atom is -0.459 e. The zero-order valence-corrected chi connectivity index (χ0v) is 13.5. The van der Waals surface area contributed by atoms with Crippen LogP contribution in [0, 0.1) is 12.8 Å². The lowest BCUT2D eigenvalue weighted by atomic mass is 10.2. The number of pyridine rings is 1. The third-order valence-corrected chi connectivity index (χ3v) is 4.68. The number of rotatable bonds is 2. The van der Waals surface area contributed by atoms with Crippen LogP contribution in [0.15, 0.2) is 33.3 Å². The molecular weight excluding hydrogens is 330 g/mol. The molecule has 3 aromatic rings. The van der Waals surface area contributed by atoms with E-state index in [0.29, 0.717) is 11.7 Å². The van der Waals surface area contributed by atoms with Crippen LogP contribution >= 0.6 is 15.9 Å². The van der Waals surface area contributed by atoms with Gasteiger partial charge in [0, 0.05) is 16.6 Å². The van der Waals surface area contributed by atoms with Crippen molar-refractivity contribution in [3.63, 3.8) is 0 Å². The molecular formula is C16H16BrN3O. The smallest absolute Gasteiger partial charge is 0.156 e. The Morgan fingerprint density at radius 2 is 2.19 bits per heavy atom. The highest BCUT2D eigenvalue weighted by Gasteiger charge is 2.36. The van der Waals surface area contributed by atoms with E-state index in [4.69, 9.17) is 10.2 Å². The zero-order valence-electron chi connectivity index (χ0n) is 11.9. The van der Waals surface area contributed by atoms with Crippen molar-refractivity contribution in [2.45, 2.75) is 26.2 Å². The molecule has 1 aliphatic carbocycles. The zero-order chi connectivity index (χ0) is 14.7. The van der Waals surface area contributed by atoms with Crippen LogP contribution in [0.2, 0.25) is 0 Å². The van der Waals surface area contributed by atoms with Gasteiger partial charge in [0.05, 0.1) is 0 Å². The summed E-state index contributed by atoms with van der Waals surface area (Å²) in [6.45, 7) is 4.27. The normalized spacial score (nSPS) is 21.1. The van der Waals surface area contributed by atoms with E-state index < -0.39 is 0 Å². The van der Waals surface area contributed by atoms with E-state index in [1.165, 1.54) is 6.42 Å². The molecule has 5 heteroatoms. The SMILES string of the molecule is Cc1cc(Br)cn2c(N)c(-c3ccc(C4CC4C)o3)nc12. The Hall–Kier alpha value is -1.75. The minimum atomic E-state index is 0.563. The highest BCUT2D eigenvalue weighted by Crippen LogP contribution is 2.48. The minimum absolute atomic E-state index is 0.563. The first-order chi connectivity index (χ1) is 10.0. The Bertz CT molecular complexity index is 849. The van der Waals surface area contributed by atoms with Crippen molar-refractivity contribution in [2.24, 2.45) is 5.92 Å². The fourth-order valence-electron chi connectivity index (χ4n) is 2.87. The summed E-state index contributed by atoms with van der Waals surface area (Å²) in [6, 6.07) is 6.06. The summed E-state index contributed by atoms with van der Waals surface area (Å²) in [5.41, 5.74) is 8.91. The van der Waals surface area contributed by atoms with Crippen LogP contribution in [-0.4, -0.2) is 9.38 Å². The molecule has 108 valence electrons. The second-order valence-corrected chi connectivity index (χ2v) is 6.82. The lowest BCUT2D eigenvalue weighted by molar-refractivity contribution is 0.517. The summed E-state index contributed by atoms with van der Waals surface area (Å²) in [4.78, 5) is 4.66. The lowest BCUT2D eigenvalue weighted by Crippen LogP contribution is -1.94. The number of aryl methyl sites for hydroxylation is 1. The maximum atomic E-state index is 6.26. The van der Waals surface area contributed by atoms with E-state index in [1.54, 1.807) is 0 Å². The monoisotopic (exact) mass is 345 g/mol. The number of nitrogen functional groups attached to an aromatic ring is 1. The number of hydrogen-bond donors (Lipinski definition) is 1. The summed E-state index contributed by atoms with van der Waals surface area (Å²) < 4.78 is 8.86. The van der Waals surface area contributed by atoms with Crippen molar-refractivity contribution in [2.75, 3.05) is 5.73 Å². The van der Waals surface area contributed by atoms with Crippen LogP contribution in [-0.2, 0) is 0 Å². The number of fused-ring (bicyclic) bond motifs is 1. The van der Waals surface area contributed by atoms with E-state index in [2.05, 4.69) is 33.9 Å². The second kappa shape index (κ2) is 4.37. The summed E-state index contributed by atoms with van der Waals surface area (Å²) in [7, 11) is 0. The van der Waals surface area contributed by atoms with Gasteiger partial charge in [0.2, 0.25) is 0 Å². The number of hydrogen-bond acceptors (Lipinski definition) is 3. The van der Waals surface area contributed by atoms with Crippen molar-refractivity contribution in [1.29, 1.82) is 0 Å². The van der Waals surface area contributed by atoms with E-state index in [0.717, 1.165) is 38.8 Å². The van der Waals surface area contributed by atoms with Gasteiger partial charge < -0.3 is 10.2 Å². The molecule has 2 N–H and O–H groups in total. The molecule has 3 heterocycles. The summed E-state index contributed by atoms with van der Waals surface area (Å²) in [5.74, 6) is 3.69. The highest BCUT2D eigenvalue weighted by atomic mass is 79.9. The molecule has 3 aromatic heterocycles. The first-order valence-corrected chi connectivity index (χ1v) is 7.87. The summed E-state index contributed by atoms with van der Waals surface area (Å²) in [5, 5.41) is 0. The molecule has 21 heavy (non-hydrogen) atoms. The molecule has 4 rings (SSSR count). The molecule has 1 saturated carbocycles. The molecule has 1 aliphatic rings. The lowest BCUT2D eigenvalue weighted by Gasteiger charge is -2.00. The highest BCUT2D eigenvalue weighted by molar-refractivity contribution is 9.10. The first-order valence-electron chi connectivity index (χ1n) is 7.08. The van der Waals surface area contributed by atoms with Crippen molar-refractivity contribution < 1.29 is 4.42 Å². The second-order valence-electron chi connectivity index (χ2n) is 5.90. The number of furan rings is 1. The van der Waals surface area contributed by atoms with Crippen LogP contribution in [0.1, 0.15) is 30.6 Å². The fraction of sp³-hybridized carbons (Fsp3) is 0.312. The van der Waals surface area contributed by atoms with Gasteiger partial charge in [-0.1, -0.05) is 6.92 Å². The number of halogens is 1. The summed E-state index contributed by atoms with van der Waals surface area (Å²) >= 11 is 3.49. The van der Waals surface area contributed by atoms with Crippen molar-refractivity contribution in [3.05, 3.63) is 40.2 Å². The molecule has 0 aromatic carbocycles. The Kier molecular flexibility index (Phi) is 2.70. The first kappa shape index (κ1) is 13.0. The Morgan fingerprint density at radius 1 is 1.43 bits per heavy atom. The van der Waals surface area contributed by atoms with Gasteiger partial charge in [-0.2, -0.15) is 0 Å². The third-order valence-electron chi connectivity index (χ3n) is 4.24. The molecule has 0 amide bonds. The molecule has 2 atom stereocenters. The maximum absolute atomic E-state index is 6.26. The predicted molar refractivity (Wildman–Crippen MR) is 86.3 cm³/mol. The number of aromatic nitrogens is 2. The van der Waals surface area contributed by atoms with Crippen LogP contribution in [0.25, 0.3) is 17.1 Å². The van der Waals surface area contributed by atoms with Gasteiger partial charge in [0.1, 0.15) is 22.9 Å². The Balaban J connectivity index is 1.85. The average molecular weight is 346 g/mol. The van der Waals surface area contributed by atoms with Crippen molar-refractivity contribution in [3.8, 4) is 11.5 Å². The van der Waals surface area contributed by atoms with E-state index in [1.807, 2.05) is 29.7 Å². The van der Waals surface area contributed by atoms with Gasteiger partial charge in [-0.3, -0.25) is 4.40 Å². The molecule has 0 saturated heterocycles. The topological polar surface area (TPSA) is 56.5 Å². The maximum Gasteiger partial charge on any atom is 0.156 e. The number of imidazole rings is 1. The molecule has 0 spiro atoms. The van der Waals surface area contributed by atoms with Crippen LogP contribution in [0.5, 0.6) is 0 Å².